The summed E-state index contributed by atoms with van der Waals surface area (Å²) in [5.41, 5.74) is 1.89. The Morgan fingerprint density at radius 1 is 1.09 bits per heavy atom. The molecule has 4 rings (SSSR count). The molecule has 2 aliphatic rings. The third kappa shape index (κ3) is 4.51. The quantitative estimate of drug-likeness (QED) is 0.265. The number of methoxy groups -OCH3 is 3. The number of ketones is 1. The second-order valence-corrected chi connectivity index (χ2v) is 8.41. The maximum Gasteiger partial charge on any atom is 0.295 e. The average molecular weight is 483 g/mol. The topological polar surface area (TPSA) is 97.8 Å². The first-order valence-electron chi connectivity index (χ1n) is 11.4. The number of hydrogen-bond donors (Lipinski definition) is 1. The Labute approximate surface area is 204 Å². The predicted molar refractivity (Wildman–Crippen MR) is 130 cm³/mol. The Morgan fingerprint density at radius 3 is 2.57 bits per heavy atom. The van der Waals surface area contributed by atoms with Crippen LogP contribution >= 0.6 is 0 Å². The Hall–Kier alpha value is -3.72. The van der Waals surface area contributed by atoms with E-state index in [9.17, 15) is 14.7 Å². The summed E-state index contributed by atoms with van der Waals surface area (Å²) in [5, 5.41) is 11.4. The number of Topliss-reactive ketones (excluding diaryl/α,β-unsaturated/α-hetero) is 1. The Balaban J connectivity index is 1.84. The van der Waals surface area contributed by atoms with Crippen LogP contribution in [0.25, 0.3) is 5.76 Å². The van der Waals surface area contributed by atoms with Gasteiger partial charge in [-0.05, 0) is 42.3 Å². The fourth-order valence-corrected chi connectivity index (χ4v) is 4.51. The molecule has 9 nitrogen and oxygen atoms in total. The molecule has 1 unspecified atom stereocenters. The summed E-state index contributed by atoms with van der Waals surface area (Å²) in [5.74, 6) is 0.0409. The minimum Gasteiger partial charge on any atom is -0.507 e. The monoisotopic (exact) mass is 482 g/mol. The van der Waals surface area contributed by atoms with E-state index in [-0.39, 0.29) is 17.9 Å². The zero-order valence-electron chi connectivity index (χ0n) is 20.4. The number of fused-ring (bicyclic) bond motifs is 1. The highest BCUT2D eigenvalue weighted by molar-refractivity contribution is 6.46. The van der Waals surface area contributed by atoms with Gasteiger partial charge in [0.2, 0.25) is 0 Å². The van der Waals surface area contributed by atoms with Gasteiger partial charge in [0.15, 0.2) is 11.5 Å². The molecule has 1 saturated heterocycles. The molecule has 2 aromatic rings. The van der Waals surface area contributed by atoms with E-state index >= 15 is 0 Å². The fourth-order valence-electron chi connectivity index (χ4n) is 4.51. The Kier molecular flexibility index (Phi) is 7.16. The van der Waals surface area contributed by atoms with E-state index in [0.717, 1.165) is 5.69 Å². The van der Waals surface area contributed by atoms with Gasteiger partial charge in [-0.25, -0.2) is 0 Å². The number of nitrogens with zero attached hydrogens (tertiary/aromatic N) is 2. The van der Waals surface area contributed by atoms with Crippen molar-refractivity contribution in [3.05, 3.63) is 53.1 Å². The van der Waals surface area contributed by atoms with Gasteiger partial charge in [-0.1, -0.05) is 6.07 Å². The van der Waals surface area contributed by atoms with Crippen molar-refractivity contribution in [2.75, 3.05) is 59.6 Å². The van der Waals surface area contributed by atoms with Gasteiger partial charge in [0.25, 0.3) is 11.7 Å². The normalized spacial score (nSPS) is 18.9. The van der Waals surface area contributed by atoms with Gasteiger partial charge < -0.3 is 33.9 Å². The first-order chi connectivity index (χ1) is 16.9. The molecule has 1 fully saturated rings. The highest BCUT2D eigenvalue weighted by Gasteiger charge is 2.46. The second-order valence-electron chi connectivity index (χ2n) is 8.41. The van der Waals surface area contributed by atoms with E-state index < -0.39 is 17.7 Å². The summed E-state index contributed by atoms with van der Waals surface area (Å²) >= 11 is 0. The lowest BCUT2D eigenvalue weighted by Crippen LogP contribution is -2.31. The number of ether oxygens (including phenoxy) is 4. The van der Waals surface area contributed by atoms with Crippen molar-refractivity contribution in [2.45, 2.75) is 12.5 Å². The van der Waals surface area contributed by atoms with Gasteiger partial charge in [-0.15, -0.1) is 0 Å². The molecule has 2 aromatic carbocycles. The number of carbonyl (C=O) groups excluding carboxylic acids is 2. The van der Waals surface area contributed by atoms with Gasteiger partial charge in [-0.3, -0.25) is 9.59 Å². The first kappa shape index (κ1) is 24.4. The smallest absolute Gasteiger partial charge is 0.295 e. The summed E-state index contributed by atoms with van der Waals surface area (Å²) in [6.07, 6.45) is 0.536. The lowest BCUT2D eigenvalue weighted by atomic mass is 9.94. The van der Waals surface area contributed by atoms with E-state index in [4.69, 9.17) is 18.9 Å². The summed E-state index contributed by atoms with van der Waals surface area (Å²) in [6.45, 7) is 1.99. The lowest BCUT2D eigenvalue weighted by molar-refractivity contribution is -0.140. The Bertz CT molecular complexity index is 1160. The number of aliphatic hydroxyl groups excluding tert-OH is 1. The maximum absolute atomic E-state index is 13.2. The number of aliphatic hydroxyl groups is 1. The van der Waals surface area contributed by atoms with Crippen LogP contribution in [-0.4, -0.2) is 76.4 Å². The van der Waals surface area contributed by atoms with Crippen LogP contribution in [0.2, 0.25) is 0 Å². The molecule has 35 heavy (non-hydrogen) atoms. The molecule has 1 N–H and O–H groups in total. The largest absolute Gasteiger partial charge is 0.507 e. The number of anilines is 1. The number of hydrogen-bond acceptors (Lipinski definition) is 8. The highest BCUT2D eigenvalue weighted by Crippen LogP contribution is 2.43. The molecular formula is C26H30N2O7. The van der Waals surface area contributed by atoms with Crippen molar-refractivity contribution in [1.82, 2.24) is 4.90 Å². The zero-order chi connectivity index (χ0) is 25.1. The summed E-state index contributed by atoms with van der Waals surface area (Å²) in [6, 6.07) is 9.64. The molecule has 0 bridgehead atoms. The molecule has 2 aliphatic heterocycles. The summed E-state index contributed by atoms with van der Waals surface area (Å²) < 4.78 is 21.6. The van der Waals surface area contributed by atoms with E-state index in [1.165, 1.54) is 19.1 Å². The highest BCUT2D eigenvalue weighted by atomic mass is 16.5. The molecule has 0 aliphatic carbocycles. The molecule has 1 amide bonds. The van der Waals surface area contributed by atoms with Gasteiger partial charge in [-0.2, -0.15) is 0 Å². The molecule has 0 spiro atoms. The van der Waals surface area contributed by atoms with Crippen LogP contribution in [0.5, 0.6) is 17.2 Å². The van der Waals surface area contributed by atoms with Gasteiger partial charge >= 0.3 is 0 Å². The van der Waals surface area contributed by atoms with Gasteiger partial charge in [0.1, 0.15) is 18.1 Å². The van der Waals surface area contributed by atoms with Crippen molar-refractivity contribution in [3.63, 3.8) is 0 Å². The third-order valence-corrected chi connectivity index (χ3v) is 6.34. The van der Waals surface area contributed by atoms with Crippen molar-refractivity contribution < 1.29 is 33.6 Å². The van der Waals surface area contributed by atoms with Gasteiger partial charge in [0, 0.05) is 32.9 Å². The van der Waals surface area contributed by atoms with Crippen LogP contribution < -0.4 is 19.1 Å². The molecule has 1 atom stereocenters. The minimum absolute atomic E-state index is 0.0268. The summed E-state index contributed by atoms with van der Waals surface area (Å²) in [7, 11) is 6.56. The summed E-state index contributed by atoms with van der Waals surface area (Å²) in [4.78, 5) is 29.8. The standard InChI is InChI=1S/C26H30N2O7/c1-27-11-13-35-19-8-7-17(14-18(19)27)24(29)22-23(16-6-9-20(33-3)21(15-16)34-4)28(10-5-12-32-2)26(31)25(22)30/h6-9,14-15,23,29H,5,10-13H2,1-4H3/b24-22+. The van der Waals surface area contributed by atoms with Crippen LogP contribution in [-0.2, 0) is 14.3 Å². The zero-order valence-corrected chi connectivity index (χ0v) is 20.4. The van der Waals surface area contributed by atoms with Crippen LogP contribution in [0.1, 0.15) is 23.6 Å². The number of likely N-dealkylation sites (tertiary alicyclic amines) is 1. The average Bonchev–Trinajstić information content (AvgIpc) is 3.13. The van der Waals surface area contributed by atoms with Crippen molar-refractivity contribution in [2.24, 2.45) is 0 Å². The first-order valence-corrected chi connectivity index (χ1v) is 11.4. The molecule has 0 aromatic heterocycles. The van der Waals surface area contributed by atoms with E-state index in [1.807, 2.05) is 11.9 Å². The molecule has 0 radical (unpaired) electrons. The second kappa shape index (κ2) is 10.3. The van der Waals surface area contributed by atoms with Crippen LogP contribution in [0.3, 0.4) is 0 Å². The number of rotatable bonds is 8. The lowest BCUT2D eigenvalue weighted by Gasteiger charge is -2.28. The minimum atomic E-state index is -0.795. The van der Waals surface area contributed by atoms with Crippen LogP contribution in [0, 0.1) is 0 Å². The molecular weight excluding hydrogens is 452 g/mol. The molecule has 9 heteroatoms. The number of amides is 1. The van der Waals surface area contributed by atoms with Crippen LogP contribution in [0.15, 0.2) is 42.0 Å². The molecule has 0 saturated carbocycles. The number of benzene rings is 2. The number of carbonyl (C=O) groups is 2. The van der Waals surface area contributed by atoms with Crippen molar-refractivity contribution in [3.8, 4) is 17.2 Å². The van der Waals surface area contributed by atoms with E-state index in [1.54, 1.807) is 43.5 Å². The van der Waals surface area contributed by atoms with Crippen molar-refractivity contribution in [1.29, 1.82) is 0 Å². The fraction of sp³-hybridized carbons (Fsp3) is 0.385. The number of likely N-dealkylation sites (N-methyl/N-ethyl adjacent to an activating group) is 1. The maximum atomic E-state index is 13.2. The van der Waals surface area contributed by atoms with E-state index in [0.29, 0.717) is 54.6 Å². The van der Waals surface area contributed by atoms with Crippen LogP contribution in [0.4, 0.5) is 5.69 Å². The predicted octanol–water partition coefficient (Wildman–Crippen LogP) is 2.99. The Morgan fingerprint density at radius 2 is 1.86 bits per heavy atom. The van der Waals surface area contributed by atoms with Gasteiger partial charge in [0.05, 0.1) is 38.1 Å². The molecule has 2 heterocycles. The molecule has 186 valence electrons. The SMILES string of the molecule is COCCCN1C(=O)C(=O)/C(=C(/O)c2ccc3c(c2)N(C)CCO3)C1c1ccc(OC)c(OC)c1. The van der Waals surface area contributed by atoms with E-state index in [2.05, 4.69) is 0 Å². The third-order valence-electron chi connectivity index (χ3n) is 6.34. The van der Waals surface area contributed by atoms with Crippen molar-refractivity contribution >= 4 is 23.1 Å².